The Morgan fingerprint density at radius 3 is 2.21 bits per heavy atom. The molecule has 0 atom stereocenters. The first kappa shape index (κ1) is 20.1. The molecule has 0 spiro atoms. The van der Waals surface area contributed by atoms with Gasteiger partial charge >= 0.3 is 6.09 Å². The van der Waals surface area contributed by atoms with Crippen molar-refractivity contribution in [2.75, 3.05) is 30.3 Å². The van der Waals surface area contributed by atoms with Gasteiger partial charge in [-0.3, -0.25) is 0 Å². The minimum atomic E-state index is -0.813. The first-order valence-corrected chi connectivity index (χ1v) is 10.2. The molecule has 1 aliphatic rings. The monoisotopic (exact) mass is 381 g/mol. The highest BCUT2D eigenvalue weighted by atomic mass is 16.4. The Balaban J connectivity index is 1.41. The number of carboxylic acid groups (broad SMARTS) is 1. The van der Waals surface area contributed by atoms with E-state index in [9.17, 15) is 4.79 Å². The largest absolute Gasteiger partial charge is 0.465 e. The van der Waals surface area contributed by atoms with Crippen LogP contribution in [0.3, 0.4) is 0 Å². The van der Waals surface area contributed by atoms with Crippen molar-refractivity contribution in [2.24, 2.45) is 0 Å². The van der Waals surface area contributed by atoms with E-state index in [1.165, 1.54) is 16.0 Å². The van der Waals surface area contributed by atoms with Crippen LogP contribution in [0.15, 0.2) is 48.5 Å². The lowest BCUT2D eigenvalue weighted by Crippen LogP contribution is -2.41. The zero-order valence-electron chi connectivity index (χ0n) is 16.8. The van der Waals surface area contributed by atoms with Crippen LogP contribution >= 0.6 is 0 Å². The highest BCUT2D eigenvalue weighted by Crippen LogP contribution is 2.19. The number of piperidine rings is 1. The molecule has 5 nitrogen and oxygen atoms in total. The van der Waals surface area contributed by atoms with Crippen LogP contribution in [0.1, 0.15) is 43.7 Å². The van der Waals surface area contributed by atoms with Crippen molar-refractivity contribution in [3.63, 3.8) is 0 Å². The highest BCUT2D eigenvalue weighted by molar-refractivity contribution is 5.65. The quantitative estimate of drug-likeness (QED) is 0.630. The van der Waals surface area contributed by atoms with Crippen molar-refractivity contribution in [3.05, 3.63) is 59.7 Å². The van der Waals surface area contributed by atoms with E-state index in [-0.39, 0.29) is 0 Å². The van der Waals surface area contributed by atoms with Gasteiger partial charge in [-0.2, -0.15) is 0 Å². The fourth-order valence-electron chi connectivity index (χ4n) is 3.56. The van der Waals surface area contributed by atoms with Crippen molar-refractivity contribution in [1.29, 1.82) is 0 Å². The molecule has 0 saturated carbocycles. The summed E-state index contributed by atoms with van der Waals surface area (Å²) in [6, 6.07) is 17.6. The molecule has 3 rings (SSSR count). The van der Waals surface area contributed by atoms with Gasteiger partial charge in [0, 0.05) is 37.1 Å². The standard InChI is InChI=1S/C23H31N3O2/c1-17(2)19-5-9-20(10-6-19)24-14-11-18-3-7-21(8-4-18)25-22-12-15-26(16-13-22)23(27)28/h3-10,17,22,24-25H,11-16H2,1-2H3,(H,27,28). The van der Waals surface area contributed by atoms with Gasteiger partial charge in [-0.15, -0.1) is 0 Å². The molecule has 0 unspecified atom stereocenters. The number of hydrogen-bond donors (Lipinski definition) is 3. The van der Waals surface area contributed by atoms with Crippen LogP contribution in [0.4, 0.5) is 16.2 Å². The van der Waals surface area contributed by atoms with Gasteiger partial charge < -0.3 is 20.6 Å². The number of rotatable bonds is 7. The van der Waals surface area contributed by atoms with Gasteiger partial charge in [0.05, 0.1) is 0 Å². The fourth-order valence-corrected chi connectivity index (χ4v) is 3.56. The lowest BCUT2D eigenvalue weighted by molar-refractivity contribution is 0.134. The second-order valence-corrected chi connectivity index (χ2v) is 7.84. The average Bonchev–Trinajstić information content (AvgIpc) is 2.70. The third kappa shape index (κ3) is 5.65. The molecule has 5 heteroatoms. The molecule has 150 valence electrons. The summed E-state index contributed by atoms with van der Waals surface area (Å²) in [6.07, 6.45) is 1.87. The van der Waals surface area contributed by atoms with Crippen LogP contribution in [0.25, 0.3) is 0 Å². The smallest absolute Gasteiger partial charge is 0.407 e. The van der Waals surface area contributed by atoms with Crippen LogP contribution in [0, 0.1) is 0 Å². The summed E-state index contributed by atoms with van der Waals surface area (Å²) in [4.78, 5) is 12.5. The molecule has 1 amide bonds. The molecule has 1 fully saturated rings. The normalized spacial score (nSPS) is 14.9. The van der Waals surface area contributed by atoms with Crippen LogP contribution in [0.2, 0.25) is 0 Å². The predicted molar refractivity (Wildman–Crippen MR) is 115 cm³/mol. The van der Waals surface area contributed by atoms with Gasteiger partial charge in [0.15, 0.2) is 0 Å². The molecular formula is C23H31N3O2. The summed E-state index contributed by atoms with van der Waals surface area (Å²) in [5.74, 6) is 0.561. The van der Waals surface area contributed by atoms with Gasteiger partial charge in [0.25, 0.3) is 0 Å². The minimum absolute atomic E-state index is 0.344. The van der Waals surface area contributed by atoms with Crippen molar-refractivity contribution in [3.8, 4) is 0 Å². The third-order valence-electron chi connectivity index (χ3n) is 5.41. The Labute approximate surface area is 167 Å². The van der Waals surface area contributed by atoms with Gasteiger partial charge in [-0.25, -0.2) is 4.79 Å². The molecule has 1 aliphatic heterocycles. The molecule has 0 radical (unpaired) electrons. The Hall–Kier alpha value is -2.69. The molecule has 0 aromatic heterocycles. The summed E-state index contributed by atoms with van der Waals surface area (Å²) in [6.45, 7) is 6.53. The summed E-state index contributed by atoms with van der Waals surface area (Å²) in [5.41, 5.74) is 4.94. The zero-order chi connectivity index (χ0) is 19.9. The molecule has 1 heterocycles. The van der Waals surface area contributed by atoms with Gasteiger partial charge in [-0.05, 0) is 60.6 Å². The van der Waals surface area contributed by atoms with Crippen LogP contribution in [0.5, 0.6) is 0 Å². The van der Waals surface area contributed by atoms with E-state index in [1.54, 1.807) is 0 Å². The Kier molecular flexibility index (Phi) is 6.80. The van der Waals surface area contributed by atoms with E-state index in [4.69, 9.17) is 5.11 Å². The van der Waals surface area contributed by atoms with Crippen molar-refractivity contribution >= 4 is 17.5 Å². The lowest BCUT2D eigenvalue weighted by Gasteiger charge is -2.31. The second-order valence-electron chi connectivity index (χ2n) is 7.84. The van der Waals surface area contributed by atoms with Gasteiger partial charge in [0.2, 0.25) is 0 Å². The molecule has 2 aromatic carbocycles. The van der Waals surface area contributed by atoms with E-state index < -0.39 is 6.09 Å². The predicted octanol–water partition coefficient (Wildman–Crippen LogP) is 5.02. The molecule has 1 saturated heterocycles. The Morgan fingerprint density at radius 2 is 1.64 bits per heavy atom. The van der Waals surface area contributed by atoms with Gasteiger partial charge in [-0.1, -0.05) is 38.1 Å². The lowest BCUT2D eigenvalue weighted by atomic mass is 10.0. The number of likely N-dealkylation sites (tertiary alicyclic amines) is 1. The molecule has 28 heavy (non-hydrogen) atoms. The van der Waals surface area contributed by atoms with E-state index in [0.29, 0.717) is 25.0 Å². The summed E-state index contributed by atoms with van der Waals surface area (Å²) < 4.78 is 0. The third-order valence-corrected chi connectivity index (χ3v) is 5.41. The molecule has 2 aromatic rings. The SMILES string of the molecule is CC(C)c1ccc(NCCc2ccc(NC3CCN(C(=O)O)CC3)cc2)cc1. The molecule has 0 aliphatic carbocycles. The van der Waals surface area contributed by atoms with Crippen LogP contribution in [-0.2, 0) is 6.42 Å². The maximum Gasteiger partial charge on any atom is 0.407 e. The van der Waals surface area contributed by atoms with E-state index in [1.807, 2.05) is 0 Å². The van der Waals surface area contributed by atoms with Crippen molar-refractivity contribution < 1.29 is 9.90 Å². The number of nitrogens with zero attached hydrogens (tertiary/aromatic N) is 1. The molecular weight excluding hydrogens is 350 g/mol. The van der Waals surface area contributed by atoms with Crippen molar-refractivity contribution in [2.45, 2.75) is 45.1 Å². The van der Waals surface area contributed by atoms with Crippen LogP contribution in [-0.4, -0.2) is 41.8 Å². The minimum Gasteiger partial charge on any atom is -0.465 e. The maximum atomic E-state index is 11.0. The van der Waals surface area contributed by atoms with E-state index in [2.05, 4.69) is 73.0 Å². The zero-order valence-corrected chi connectivity index (χ0v) is 16.8. The summed E-state index contributed by atoms with van der Waals surface area (Å²) in [7, 11) is 0. The number of amides is 1. The first-order chi connectivity index (χ1) is 13.5. The average molecular weight is 382 g/mol. The second kappa shape index (κ2) is 9.49. The van der Waals surface area contributed by atoms with E-state index in [0.717, 1.165) is 37.2 Å². The van der Waals surface area contributed by atoms with Gasteiger partial charge in [0.1, 0.15) is 0 Å². The topological polar surface area (TPSA) is 64.6 Å². The highest BCUT2D eigenvalue weighted by Gasteiger charge is 2.21. The number of hydrogen-bond acceptors (Lipinski definition) is 3. The number of nitrogens with one attached hydrogen (secondary N) is 2. The summed E-state index contributed by atoms with van der Waals surface area (Å²) >= 11 is 0. The first-order valence-electron chi connectivity index (χ1n) is 10.2. The molecule has 0 bridgehead atoms. The number of benzene rings is 2. The van der Waals surface area contributed by atoms with Crippen molar-refractivity contribution in [1.82, 2.24) is 4.90 Å². The Bertz CT molecular complexity index is 748. The fraction of sp³-hybridized carbons (Fsp3) is 0.435. The maximum absolute atomic E-state index is 11.0. The molecule has 3 N–H and O–H groups in total. The van der Waals surface area contributed by atoms with Crippen LogP contribution < -0.4 is 10.6 Å². The van der Waals surface area contributed by atoms with E-state index >= 15 is 0 Å². The Morgan fingerprint density at radius 1 is 1.04 bits per heavy atom. The number of anilines is 2. The summed E-state index contributed by atoms with van der Waals surface area (Å²) in [5, 5.41) is 16.0. The number of carbonyl (C=O) groups is 1.